The topological polar surface area (TPSA) is 30.5 Å². The summed E-state index contributed by atoms with van der Waals surface area (Å²) < 4.78 is 12.8. The van der Waals surface area contributed by atoms with Crippen LogP contribution in [0.5, 0.6) is 0 Å². The lowest BCUT2D eigenvalue weighted by atomic mass is 10.2. The Labute approximate surface area is 130 Å². The highest BCUT2D eigenvalue weighted by atomic mass is 79.9. The molecule has 0 radical (unpaired) electrons. The number of ether oxygens (including phenoxy) is 2. The second kappa shape index (κ2) is 8.78. The fourth-order valence-electron chi connectivity index (χ4n) is 2.43. The van der Waals surface area contributed by atoms with Crippen molar-refractivity contribution < 1.29 is 9.47 Å². The molecule has 0 amide bonds. The molecule has 0 bridgehead atoms. The number of hydrogen-bond donors (Lipinski definition) is 1. The largest absolute Gasteiger partial charge is 0.374 e. The molecule has 3 nitrogen and oxygen atoms in total. The lowest BCUT2D eigenvalue weighted by Gasteiger charge is -2.14. The van der Waals surface area contributed by atoms with Crippen LogP contribution in [0.15, 0.2) is 28.7 Å². The minimum Gasteiger partial charge on any atom is -0.374 e. The van der Waals surface area contributed by atoms with Crippen LogP contribution in [0.2, 0.25) is 0 Å². The molecule has 4 heteroatoms. The quantitative estimate of drug-likeness (QED) is 0.734. The smallest absolute Gasteiger partial charge is 0.0814 e. The SMILES string of the molecule is CCCNCC1CCC(COCc2cccc(Br)c2)O1. The molecule has 2 atom stereocenters. The molecule has 1 saturated heterocycles. The van der Waals surface area contributed by atoms with Crippen molar-refractivity contribution in [2.45, 2.75) is 45.0 Å². The van der Waals surface area contributed by atoms with Crippen LogP contribution in [0, 0.1) is 0 Å². The van der Waals surface area contributed by atoms with Gasteiger partial charge < -0.3 is 14.8 Å². The van der Waals surface area contributed by atoms with Crippen LogP contribution in [-0.2, 0) is 16.1 Å². The van der Waals surface area contributed by atoms with E-state index in [1.807, 2.05) is 12.1 Å². The van der Waals surface area contributed by atoms with E-state index < -0.39 is 0 Å². The summed E-state index contributed by atoms with van der Waals surface area (Å²) in [5.41, 5.74) is 1.19. The highest BCUT2D eigenvalue weighted by Gasteiger charge is 2.24. The van der Waals surface area contributed by atoms with Gasteiger partial charge in [0.1, 0.15) is 0 Å². The molecule has 1 aliphatic heterocycles. The maximum atomic E-state index is 5.97. The Morgan fingerprint density at radius 2 is 2.20 bits per heavy atom. The van der Waals surface area contributed by atoms with E-state index in [2.05, 4.69) is 40.3 Å². The van der Waals surface area contributed by atoms with Gasteiger partial charge in [0.15, 0.2) is 0 Å². The first-order valence-electron chi connectivity index (χ1n) is 7.46. The molecule has 0 saturated carbocycles. The average Bonchev–Trinajstić information content (AvgIpc) is 2.87. The van der Waals surface area contributed by atoms with Crippen molar-refractivity contribution >= 4 is 15.9 Å². The van der Waals surface area contributed by atoms with Crippen molar-refractivity contribution in [3.8, 4) is 0 Å². The Kier molecular flexibility index (Phi) is 7.00. The van der Waals surface area contributed by atoms with Gasteiger partial charge in [-0.15, -0.1) is 0 Å². The van der Waals surface area contributed by atoms with Crippen LogP contribution in [0.1, 0.15) is 31.7 Å². The molecule has 1 aromatic carbocycles. The summed E-state index contributed by atoms with van der Waals surface area (Å²) in [5, 5.41) is 3.41. The van der Waals surface area contributed by atoms with Crippen molar-refractivity contribution in [3.05, 3.63) is 34.3 Å². The molecule has 1 aliphatic rings. The van der Waals surface area contributed by atoms with Gasteiger partial charge in [0.25, 0.3) is 0 Å². The molecule has 2 unspecified atom stereocenters. The van der Waals surface area contributed by atoms with Gasteiger partial charge in [0.05, 0.1) is 25.4 Å². The monoisotopic (exact) mass is 341 g/mol. The summed E-state index contributed by atoms with van der Waals surface area (Å²) in [7, 11) is 0. The molecule has 0 spiro atoms. The third-order valence-corrected chi connectivity index (χ3v) is 3.95. The molecule has 1 aromatic rings. The predicted octanol–water partition coefficient (Wildman–Crippen LogP) is 3.51. The van der Waals surface area contributed by atoms with Crippen LogP contribution in [0.4, 0.5) is 0 Å². The van der Waals surface area contributed by atoms with Gasteiger partial charge in [0, 0.05) is 11.0 Å². The minimum atomic E-state index is 0.260. The first-order chi connectivity index (χ1) is 9.78. The maximum Gasteiger partial charge on any atom is 0.0814 e. The standard InChI is InChI=1S/C16H24BrNO2/c1-2-8-18-10-15-6-7-16(20-15)12-19-11-13-4-3-5-14(17)9-13/h3-5,9,15-16,18H,2,6-8,10-12H2,1H3. The van der Waals surface area contributed by atoms with Crippen LogP contribution >= 0.6 is 15.9 Å². The third-order valence-electron chi connectivity index (χ3n) is 3.46. The summed E-state index contributed by atoms with van der Waals surface area (Å²) in [4.78, 5) is 0. The number of halogens is 1. The van der Waals surface area contributed by atoms with Gasteiger partial charge in [-0.3, -0.25) is 0 Å². The second-order valence-corrected chi connectivity index (χ2v) is 6.22. The zero-order valence-corrected chi connectivity index (χ0v) is 13.7. The Morgan fingerprint density at radius 1 is 1.35 bits per heavy atom. The number of benzene rings is 1. The fourth-order valence-corrected chi connectivity index (χ4v) is 2.87. The number of nitrogens with one attached hydrogen (secondary N) is 1. The van der Waals surface area contributed by atoms with Gasteiger partial charge in [-0.05, 0) is 43.5 Å². The Hall–Kier alpha value is -0.420. The zero-order chi connectivity index (χ0) is 14.2. The number of rotatable bonds is 8. The van der Waals surface area contributed by atoms with E-state index in [1.165, 1.54) is 12.0 Å². The van der Waals surface area contributed by atoms with Gasteiger partial charge in [-0.1, -0.05) is 35.0 Å². The molecular weight excluding hydrogens is 318 g/mol. The molecule has 20 heavy (non-hydrogen) atoms. The molecule has 2 rings (SSSR count). The lowest BCUT2D eigenvalue weighted by Crippen LogP contribution is -2.28. The Balaban J connectivity index is 1.61. The van der Waals surface area contributed by atoms with Gasteiger partial charge in [0.2, 0.25) is 0 Å². The second-order valence-electron chi connectivity index (χ2n) is 5.31. The summed E-state index contributed by atoms with van der Waals surface area (Å²) in [5.74, 6) is 0. The fraction of sp³-hybridized carbons (Fsp3) is 0.625. The summed E-state index contributed by atoms with van der Waals surface area (Å²) in [6, 6.07) is 8.23. The summed E-state index contributed by atoms with van der Waals surface area (Å²) in [6.45, 7) is 5.57. The van der Waals surface area contributed by atoms with Crippen LogP contribution in [0.3, 0.4) is 0 Å². The molecule has 112 valence electrons. The van der Waals surface area contributed by atoms with Crippen molar-refractivity contribution in [3.63, 3.8) is 0 Å². The molecule has 1 heterocycles. The van der Waals surface area contributed by atoms with Crippen molar-refractivity contribution in [1.29, 1.82) is 0 Å². The van der Waals surface area contributed by atoms with Gasteiger partial charge in [-0.25, -0.2) is 0 Å². The van der Waals surface area contributed by atoms with Crippen LogP contribution in [0.25, 0.3) is 0 Å². The van der Waals surface area contributed by atoms with E-state index in [1.54, 1.807) is 0 Å². The van der Waals surface area contributed by atoms with E-state index in [4.69, 9.17) is 9.47 Å². The molecule has 1 N–H and O–H groups in total. The maximum absolute atomic E-state index is 5.97. The van der Waals surface area contributed by atoms with Gasteiger partial charge >= 0.3 is 0 Å². The van der Waals surface area contributed by atoms with E-state index >= 15 is 0 Å². The van der Waals surface area contributed by atoms with E-state index in [-0.39, 0.29) is 6.10 Å². The van der Waals surface area contributed by atoms with E-state index in [0.29, 0.717) is 19.3 Å². The lowest BCUT2D eigenvalue weighted by molar-refractivity contribution is -0.0189. The van der Waals surface area contributed by atoms with Crippen molar-refractivity contribution in [2.75, 3.05) is 19.7 Å². The predicted molar refractivity (Wildman–Crippen MR) is 84.9 cm³/mol. The first kappa shape index (κ1) is 16.0. The van der Waals surface area contributed by atoms with Crippen molar-refractivity contribution in [2.24, 2.45) is 0 Å². The zero-order valence-electron chi connectivity index (χ0n) is 12.1. The Morgan fingerprint density at radius 3 is 3.00 bits per heavy atom. The minimum absolute atomic E-state index is 0.260. The van der Waals surface area contributed by atoms with Crippen LogP contribution in [-0.4, -0.2) is 31.9 Å². The normalized spacial score (nSPS) is 22.3. The highest BCUT2D eigenvalue weighted by molar-refractivity contribution is 9.10. The summed E-state index contributed by atoms with van der Waals surface area (Å²) in [6.07, 6.45) is 4.04. The highest BCUT2D eigenvalue weighted by Crippen LogP contribution is 2.20. The molecule has 0 aliphatic carbocycles. The molecule has 0 aromatic heterocycles. The van der Waals surface area contributed by atoms with E-state index in [9.17, 15) is 0 Å². The van der Waals surface area contributed by atoms with Gasteiger partial charge in [-0.2, -0.15) is 0 Å². The first-order valence-corrected chi connectivity index (χ1v) is 8.25. The molecular formula is C16H24BrNO2. The van der Waals surface area contributed by atoms with E-state index in [0.717, 1.165) is 30.4 Å². The number of hydrogen-bond acceptors (Lipinski definition) is 3. The van der Waals surface area contributed by atoms with Crippen molar-refractivity contribution in [1.82, 2.24) is 5.32 Å². The Bertz CT molecular complexity index is 400. The third kappa shape index (κ3) is 5.52. The molecule has 1 fully saturated rings. The van der Waals surface area contributed by atoms with Crippen LogP contribution < -0.4 is 5.32 Å². The summed E-state index contributed by atoms with van der Waals surface area (Å²) >= 11 is 3.47. The average molecular weight is 342 g/mol.